The maximum atomic E-state index is 16.5. The molecule has 0 aromatic heterocycles. The van der Waals surface area contributed by atoms with Crippen LogP contribution in [0.1, 0.15) is 74.8 Å². The summed E-state index contributed by atoms with van der Waals surface area (Å²) in [5.41, 5.74) is 0.653. The van der Waals surface area contributed by atoms with Crippen LogP contribution >= 0.6 is 0 Å². The van der Waals surface area contributed by atoms with Crippen LogP contribution in [-0.2, 0) is 26.9 Å². The van der Waals surface area contributed by atoms with Crippen LogP contribution < -0.4 is 0 Å². The van der Waals surface area contributed by atoms with E-state index in [1.807, 2.05) is 60.7 Å². The second kappa shape index (κ2) is 10.9. The molecule has 7 heteroatoms. The van der Waals surface area contributed by atoms with Crippen LogP contribution in [0.3, 0.4) is 0 Å². The topological polar surface area (TPSA) is 57.2 Å². The van der Waals surface area contributed by atoms with Crippen molar-refractivity contribution >= 4 is 21.0 Å². The van der Waals surface area contributed by atoms with Gasteiger partial charge in [0.1, 0.15) is 20.1 Å². The van der Waals surface area contributed by atoms with Gasteiger partial charge < -0.3 is 4.55 Å². The second-order valence-electron chi connectivity index (χ2n) is 11.9. The summed E-state index contributed by atoms with van der Waals surface area (Å²) in [6.45, 7) is 0. The highest BCUT2D eigenvalue weighted by Gasteiger charge is 2.69. The van der Waals surface area contributed by atoms with Crippen molar-refractivity contribution < 1.29 is 21.8 Å². The number of benzene rings is 3. The first-order valence-corrected chi connectivity index (χ1v) is 17.2. The maximum Gasteiger partial charge on any atom is 0.289 e. The zero-order chi connectivity index (χ0) is 28.0. The molecular weight excluding hydrogens is 546 g/mol. The maximum absolute atomic E-state index is 16.5. The number of hydrogen-bond acceptors (Lipinski definition) is 3. The summed E-state index contributed by atoms with van der Waals surface area (Å²) in [6.07, 6.45) is 8.06. The lowest BCUT2D eigenvalue weighted by molar-refractivity contribution is -0.0315. The highest BCUT2D eigenvalue weighted by molar-refractivity contribution is 7.98. The van der Waals surface area contributed by atoms with E-state index >= 15 is 8.78 Å². The van der Waals surface area contributed by atoms with Crippen LogP contribution in [0.4, 0.5) is 8.78 Å². The molecule has 212 valence electrons. The molecule has 3 fully saturated rings. The second-order valence-corrected chi connectivity index (χ2v) is 15.8. The summed E-state index contributed by atoms with van der Waals surface area (Å²) >= 11 is 0. The summed E-state index contributed by atoms with van der Waals surface area (Å²) in [5.74, 6) is -4.24. The Morgan fingerprint density at radius 3 is 1.93 bits per heavy atom. The van der Waals surface area contributed by atoms with Crippen molar-refractivity contribution in [3.63, 3.8) is 0 Å². The van der Waals surface area contributed by atoms with Gasteiger partial charge in [-0.2, -0.15) is 8.78 Å². The molecule has 2 bridgehead atoms. The molecule has 6 rings (SSSR count). The molecule has 3 aliphatic carbocycles. The van der Waals surface area contributed by atoms with E-state index < -0.39 is 42.9 Å². The summed E-state index contributed by atoms with van der Waals surface area (Å²) in [7, 11) is -6.00. The van der Waals surface area contributed by atoms with Gasteiger partial charge in [-0.05, 0) is 73.8 Å². The Bertz CT molecular complexity index is 1370. The van der Waals surface area contributed by atoms with E-state index in [1.54, 1.807) is 12.1 Å². The summed E-state index contributed by atoms with van der Waals surface area (Å²) < 4.78 is 71.1. The normalized spacial score (nSPS) is 26.3. The molecule has 3 saturated carbocycles. The average Bonchev–Trinajstić information content (AvgIpc) is 3.53. The third-order valence-corrected chi connectivity index (χ3v) is 13.9. The Morgan fingerprint density at radius 2 is 1.40 bits per heavy atom. The van der Waals surface area contributed by atoms with Gasteiger partial charge in [-0.25, -0.2) is 8.42 Å². The number of halogens is 2. The van der Waals surface area contributed by atoms with Crippen LogP contribution in [0.15, 0.2) is 94.7 Å². The van der Waals surface area contributed by atoms with Gasteiger partial charge in [0.2, 0.25) is 0 Å². The van der Waals surface area contributed by atoms with E-state index in [0.29, 0.717) is 25.2 Å². The third-order valence-electron chi connectivity index (χ3n) is 9.64. The molecule has 3 nitrogen and oxygen atoms in total. The monoisotopic (exact) mass is 582 g/mol. The van der Waals surface area contributed by atoms with Gasteiger partial charge in [0, 0.05) is 17.9 Å². The largest absolute Gasteiger partial charge is 0.748 e. The summed E-state index contributed by atoms with van der Waals surface area (Å²) in [5, 5.41) is -2.31. The van der Waals surface area contributed by atoms with Crippen LogP contribution in [0.5, 0.6) is 0 Å². The van der Waals surface area contributed by atoms with Gasteiger partial charge in [0.25, 0.3) is 5.92 Å². The van der Waals surface area contributed by atoms with Crippen LogP contribution in [0.2, 0.25) is 0 Å². The quantitative estimate of drug-likeness (QED) is 0.200. The average molecular weight is 583 g/mol. The van der Waals surface area contributed by atoms with Gasteiger partial charge in [0.05, 0.1) is 10.9 Å². The fourth-order valence-corrected chi connectivity index (χ4v) is 12.6. The first-order valence-electron chi connectivity index (χ1n) is 14.5. The van der Waals surface area contributed by atoms with Crippen LogP contribution in [0.25, 0.3) is 0 Å². The minimum absolute atomic E-state index is 0.140. The van der Waals surface area contributed by atoms with E-state index in [9.17, 15) is 13.0 Å². The molecular formula is C33H36F2O3S2. The van der Waals surface area contributed by atoms with Crippen molar-refractivity contribution in [3.05, 3.63) is 96.1 Å². The van der Waals surface area contributed by atoms with Crippen molar-refractivity contribution in [1.82, 2.24) is 0 Å². The van der Waals surface area contributed by atoms with E-state index in [2.05, 4.69) is 0 Å². The Morgan fingerprint density at radius 1 is 0.825 bits per heavy atom. The van der Waals surface area contributed by atoms with Crippen LogP contribution in [0, 0.1) is 11.8 Å². The molecule has 0 aliphatic heterocycles. The van der Waals surface area contributed by atoms with Gasteiger partial charge in [-0.15, -0.1) is 0 Å². The summed E-state index contributed by atoms with van der Waals surface area (Å²) in [6, 6.07) is 25.8. The highest BCUT2D eigenvalue weighted by atomic mass is 32.2. The predicted octanol–water partition coefficient (Wildman–Crippen LogP) is 8.04. The van der Waals surface area contributed by atoms with E-state index in [0.717, 1.165) is 47.5 Å². The minimum Gasteiger partial charge on any atom is -0.748 e. The van der Waals surface area contributed by atoms with Gasteiger partial charge in [-0.3, -0.25) is 0 Å². The molecule has 0 heterocycles. The van der Waals surface area contributed by atoms with Gasteiger partial charge >= 0.3 is 0 Å². The first kappa shape index (κ1) is 27.9. The molecule has 3 aliphatic rings. The minimum atomic E-state index is -5.34. The lowest BCUT2D eigenvalue weighted by Crippen LogP contribution is -2.54. The SMILES string of the molecule is O=S(=O)([O-])C(C1CC2CCC1([S+](c1ccccc1)c1ccccc1)C2)C(F)(F)c1ccc(C2CCCCC2)cc1. The first-order chi connectivity index (χ1) is 19.2. The van der Waals surface area contributed by atoms with Gasteiger partial charge in [-0.1, -0.05) is 79.9 Å². The molecule has 4 unspecified atom stereocenters. The fraction of sp³-hybridized carbons (Fsp3) is 0.455. The number of alkyl halides is 2. The number of hydrogen-bond donors (Lipinski definition) is 0. The van der Waals surface area contributed by atoms with Crippen molar-refractivity contribution in [3.8, 4) is 0 Å². The predicted molar refractivity (Wildman–Crippen MR) is 155 cm³/mol. The molecule has 40 heavy (non-hydrogen) atoms. The molecule has 3 aromatic rings. The third kappa shape index (κ3) is 5.03. The Labute approximate surface area is 239 Å². The van der Waals surface area contributed by atoms with E-state index in [-0.39, 0.29) is 11.5 Å². The molecule has 3 aromatic carbocycles. The van der Waals surface area contributed by atoms with Gasteiger partial charge in [0.15, 0.2) is 9.79 Å². The smallest absolute Gasteiger partial charge is 0.289 e. The number of rotatable bonds is 8. The van der Waals surface area contributed by atoms with E-state index in [4.69, 9.17) is 0 Å². The standard InChI is InChI=1S/C33H36F2O3S2/c34-33(35,27-18-16-26(17-19-27)25-10-4-1-5-11-25)31(40(36,37)38)30-22-24-20-21-32(30,23-24)39(28-12-6-2-7-13-28)29-14-8-3-9-15-29/h2-3,6-9,12-19,24-25,30-31H,1,4-5,10-11,20-23H2. The summed E-state index contributed by atoms with van der Waals surface area (Å²) in [4.78, 5) is 2.01. The molecule has 0 N–H and O–H groups in total. The highest BCUT2D eigenvalue weighted by Crippen LogP contribution is 2.63. The molecule has 0 radical (unpaired) electrons. The zero-order valence-corrected chi connectivity index (χ0v) is 24.2. The lowest BCUT2D eigenvalue weighted by atomic mass is 9.81. The lowest BCUT2D eigenvalue weighted by Gasteiger charge is -2.42. The van der Waals surface area contributed by atoms with Crippen molar-refractivity contribution in [2.45, 2.75) is 89.4 Å². The fourth-order valence-electron chi connectivity index (χ4n) is 7.92. The molecule has 0 spiro atoms. The Balaban J connectivity index is 1.42. The van der Waals surface area contributed by atoms with Crippen molar-refractivity contribution in [2.24, 2.45) is 11.8 Å². The van der Waals surface area contributed by atoms with Crippen molar-refractivity contribution in [1.29, 1.82) is 0 Å². The van der Waals surface area contributed by atoms with Crippen molar-refractivity contribution in [2.75, 3.05) is 0 Å². The molecule has 4 atom stereocenters. The zero-order valence-electron chi connectivity index (χ0n) is 22.6. The van der Waals surface area contributed by atoms with Crippen LogP contribution in [-0.4, -0.2) is 23.0 Å². The van der Waals surface area contributed by atoms with E-state index in [1.165, 1.54) is 18.6 Å². The molecule has 0 amide bonds. The Hall–Kier alpha value is -2.22. The number of fused-ring (bicyclic) bond motifs is 2. The Kier molecular flexibility index (Phi) is 7.60. The molecule has 0 saturated heterocycles.